The predicted molar refractivity (Wildman–Crippen MR) is 116 cm³/mol. The lowest BCUT2D eigenvalue weighted by atomic mass is 10.1. The van der Waals surface area contributed by atoms with Gasteiger partial charge in [0.15, 0.2) is 12.4 Å². The number of alkyl halides is 3. The van der Waals surface area contributed by atoms with Crippen LogP contribution in [0.2, 0.25) is 0 Å². The number of Topliss-reactive ketones (excluding diaryl/α,β-unsaturated/α-hetero) is 1. The van der Waals surface area contributed by atoms with Gasteiger partial charge in [0.2, 0.25) is 11.7 Å². The summed E-state index contributed by atoms with van der Waals surface area (Å²) in [5.41, 5.74) is -0.0746. The van der Waals surface area contributed by atoms with Crippen molar-refractivity contribution < 1.29 is 41.8 Å². The van der Waals surface area contributed by atoms with E-state index in [-0.39, 0.29) is 19.4 Å². The molecule has 1 heterocycles. The van der Waals surface area contributed by atoms with Gasteiger partial charge in [0.05, 0.1) is 6.04 Å². The first kappa shape index (κ1) is 27.5. The molecule has 1 N–H and O–H groups in total. The Labute approximate surface area is 200 Å². The lowest BCUT2D eigenvalue weighted by Gasteiger charge is -2.23. The van der Waals surface area contributed by atoms with E-state index in [2.05, 4.69) is 15.3 Å². The Kier molecular flexibility index (Phi) is 9.55. The lowest BCUT2D eigenvalue weighted by Crippen LogP contribution is -2.45. The van der Waals surface area contributed by atoms with Gasteiger partial charge in [-0.2, -0.15) is 18.2 Å². The second kappa shape index (κ2) is 12.1. The number of benzene rings is 1. The number of alkyl carbamates (subject to hydrolysis) is 1. The summed E-state index contributed by atoms with van der Waals surface area (Å²) in [7, 11) is 0. The van der Waals surface area contributed by atoms with Crippen molar-refractivity contribution in [2.24, 2.45) is 0 Å². The molecule has 2 rings (SSSR count). The maximum absolute atomic E-state index is 12.8. The molecule has 2 aromatic rings. The van der Waals surface area contributed by atoms with Crippen molar-refractivity contribution in [2.75, 3.05) is 6.61 Å². The molecule has 0 unspecified atom stereocenters. The highest BCUT2D eigenvalue weighted by Gasteiger charge is 2.35. The zero-order chi connectivity index (χ0) is 26.1. The third-order valence-corrected chi connectivity index (χ3v) is 4.21. The summed E-state index contributed by atoms with van der Waals surface area (Å²) in [4.78, 5) is 43.3. The number of amides is 1. The number of halogens is 3. The number of esters is 1. The quantitative estimate of drug-likeness (QED) is 0.492. The molecule has 0 aliphatic heterocycles. The Balaban J connectivity index is 1.99. The highest BCUT2D eigenvalue weighted by molar-refractivity contribution is 5.89. The van der Waals surface area contributed by atoms with Crippen LogP contribution in [0.5, 0.6) is 5.88 Å². The number of hydrogen-bond donors (Lipinski definition) is 1. The Morgan fingerprint density at radius 1 is 1.06 bits per heavy atom. The van der Waals surface area contributed by atoms with Crippen molar-refractivity contribution in [3.63, 3.8) is 0 Å². The number of ketones is 1. The minimum atomic E-state index is -4.79. The van der Waals surface area contributed by atoms with Crippen molar-refractivity contribution in [1.82, 2.24) is 15.3 Å². The number of hydrogen-bond acceptors (Lipinski definition) is 8. The van der Waals surface area contributed by atoms with E-state index in [0.717, 1.165) is 17.8 Å². The molecule has 9 nitrogen and oxygen atoms in total. The summed E-state index contributed by atoms with van der Waals surface area (Å²) in [6.45, 7) is 4.20. The Hall–Kier alpha value is -3.70. The number of aromatic nitrogens is 2. The van der Waals surface area contributed by atoms with E-state index in [0.29, 0.717) is 0 Å². The fourth-order valence-corrected chi connectivity index (χ4v) is 2.64. The van der Waals surface area contributed by atoms with Crippen molar-refractivity contribution in [2.45, 2.75) is 58.0 Å². The van der Waals surface area contributed by atoms with Gasteiger partial charge in [-0.15, -0.1) is 0 Å². The zero-order valence-electron chi connectivity index (χ0n) is 19.4. The average Bonchev–Trinajstić information content (AvgIpc) is 2.78. The van der Waals surface area contributed by atoms with E-state index in [1.807, 2.05) is 6.07 Å². The van der Waals surface area contributed by atoms with Crippen LogP contribution >= 0.6 is 0 Å². The van der Waals surface area contributed by atoms with E-state index in [4.69, 9.17) is 14.2 Å². The monoisotopic (exact) mass is 497 g/mol. The number of nitrogens with one attached hydrogen (secondary N) is 1. The zero-order valence-corrected chi connectivity index (χ0v) is 19.4. The minimum absolute atomic E-state index is 0.0378. The van der Waals surface area contributed by atoms with Crippen LogP contribution in [0, 0.1) is 0 Å². The van der Waals surface area contributed by atoms with Crippen LogP contribution in [0.3, 0.4) is 0 Å². The molecule has 35 heavy (non-hydrogen) atoms. The van der Waals surface area contributed by atoms with Gasteiger partial charge in [-0.25, -0.2) is 9.78 Å². The lowest BCUT2D eigenvalue weighted by molar-refractivity contribution is -0.146. The molecule has 1 aromatic heterocycles. The summed E-state index contributed by atoms with van der Waals surface area (Å²) in [6, 6.07) is 8.78. The molecule has 0 saturated heterocycles. The molecule has 0 radical (unpaired) electrons. The summed E-state index contributed by atoms with van der Waals surface area (Å²) in [5, 5.41) is 2.36. The molecule has 0 saturated carbocycles. The number of rotatable bonds is 10. The van der Waals surface area contributed by atoms with Gasteiger partial charge in [-0.3, -0.25) is 9.59 Å². The standard InChI is InChI=1S/C23H26F3N3O6/c1-22(2,3)35-21(32)28-16(9-10-19(31)34-13-15-7-5-4-6-8-15)17(30)14-33-18-11-12-27-20(29-18)23(24,25)26/h4-8,11-12,16H,9-10,13-14H2,1-3H3,(H,28,32)/t16-/m0/s1. The Morgan fingerprint density at radius 2 is 1.74 bits per heavy atom. The largest absolute Gasteiger partial charge is 0.469 e. The van der Waals surface area contributed by atoms with Crippen molar-refractivity contribution in [1.29, 1.82) is 0 Å². The first-order valence-electron chi connectivity index (χ1n) is 10.6. The Morgan fingerprint density at radius 3 is 2.37 bits per heavy atom. The van der Waals surface area contributed by atoms with E-state index in [1.165, 1.54) is 0 Å². The number of ether oxygens (including phenoxy) is 3. The van der Waals surface area contributed by atoms with Crippen LogP contribution in [0.1, 0.15) is 45.0 Å². The van der Waals surface area contributed by atoms with E-state index in [1.54, 1.807) is 45.0 Å². The first-order valence-corrected chi connectivity index (χ1v) is 10.6. The molecule has 0 spiro atoms. The molecule has 0 fully saturated rings. The maximum Gasteiger partial charge on any atom is 0.451 e. The molecule has 0 bridgehead atoms. The second-order valence-electron chi connectivity index (χ2n) is 8.36. The summed E-state index contributed by atoms with van der Waals surface area (Å²) in [5.74, 6) is -3.21. The highest BCUT2D eigenvalue weighted by atomic mass is 19.4. The topological polar surface area (TPSA) is 117 Å². The van der Waals surface area contributed by atoms with E-state index in [9.17, 15) is 27.6 Å². The third kappa shape index (κ3) is 10.4. The number of carbonyl (C=O) groups excluding carboxylic acids is 3. The van der Waals surface area contributed by atoms with Crippen LogP contribution in [-0.4, -0.2) is 46.1 Å². The molecule has 1 aromatic carbocycles. The summed E-state index contributed by atoms with van der Waals surface area (Å²) in [6.07, 6.45) is -5.22. The molecule has 12 heteroatoms. The van der Waals surface area contributed by atoms with Crippen LogP contribution in [0.4, 0.5) is 18.0 Å². The molecule has 190 valence electrons. The molecular formula is C23H26F3N3O6. The normalized spacial score (nSPS) is 12.4. The minimum Gasteiger partial charge on any atom is -0.469 e. The fraction of sp³-hybridized carbons (Fsp3) is 0.435. The molecule has 0 aliphatic carbocycles. The smallest absolute Gasteiger partial charge is 0.451 e. The van der Waals surface area contributed by atoms with E-state index < -0.39 is 54.0 Å². The van der Waals surface area contributed by atoms with Crippen LogP contribution in [0.25, 0.3) is 0 Å². The number of nitrogens with zero attached hydrogens (tertiary/aromatic N) is 2. The third-order valence-electron chi connectivity index (χ3n) is 4.21. The maximum atomic E-state index is 12.8. The first-order chi connectivity index (χ1) is 16.3. The van der Waals surface area contributed by atoms with Crippen LogP contribution in [-0.2, 0) is 31.8 Å². The predicted octanol–water partition coefficient (Wildman–Crippen LogP) is 3.86. The van der Waals surface area contributed by atoms with Crippen molar-refractivity contribution in [3.05, 3.63) is 54.0 Å². The van der Waals surface area contributed by atoms with Gasteiger partial charge in [0.25, 0.3) is 0 Å². The number of carbonyl (C=O) groups is 3. The summed E-state index contributed by atoms with van der Waals surface area (Å²) < 4.78 is 53.7. The average molecular weight is 497 g/mol. The Bertz CT molecular complexity index is 1010. The summed E-state index contributed by atoms with van der Waals surface area (Å²) >= 11 is 0. The van der Waals surface area contributed by atoms with Crippen molar-refractivity contribution >= 4 is 17.8 Å². The van der Waals surface area contributed by atoms with Gasteiger partial charge in [0, 0.05) is 18.7 Å². The molecule has 0 aliphatic rings. The molecule has 1 atom stereocenters. The molecular weight excluding hydrogens is 471 g/mol. The van der Waals surface area contributed by atoms with Gasteiger partial charge < -0.3 is 19.5 Å². The van der Waals surface area contributed by atoms with Crippen LogP contribution in [0.15, 0.2) is 42.6 Å². The van der Waals surface area contributed by atoms with Crippen molar-refractivity contribution in [3.8, 4) is 5.88 Å². The van der Waals surface area contributed by atoms with Gasteiger partial charge >= 0.3 is 18.2 Å². The SMILES string of the molecule is CC(C)(C)OC(=O)N[C@@H](CCC(=O)OCc1ccccc1)C(=O)COc1ccnc(C(F)(F)F)n1. The second-order valence-corrected chi connectivity index (χ2v) is 8.36. The van der Waals surface area contributed by atoms with Gasteiger partial charge in [-0.1, -0.05) is 30.3 Å². The van der Waals surface area contributed by atoms with Crippen LogP contribution < -0.4 is 10.1 Å². The fourth-order valence-electron chi connectivity index (χ4n) is 2.64. The van der Waals surface area contributed by atoms with Gasteiger partial charge in [0.1, 0.15) is 12.2 Å². The molecule has 1 amide bonds. The van der Waals surface area contributed by atoms with E-state index >= 15 is 0 Å². The van der Waals surface area contributed by atoms with Gasteiger partial charge in [-0.05, 0) is 32.8 Å². The highest BCUT2D eigenvalue weighted by Crippen LogP contribution is 2.26.